The molecule has 0 saturated carbocycles. The van der Waals surface area contributed by atoms with Crippen LogP contribution in [0.3, 0.4) is 0 Å². The van der Waals surface area contributed by atoms with Crippen molar-refractivity contribution in [2.75, 3.05) is 0 Å². The van der Waals surface area contributed by atoms with Crippen LogP contribution in [0.1, 0.15) is 74.9 Å². The molecule has 25 heavy (non-hydrogen) atoms. The van der Waals surface area contributed by atoms with Crippen molar-refractivity contribution in [2.45, 2.75) is 80.1 Å². The fraction of sp³-hybridized carbons (Fsp3) is 0.545. The summed E-state index contributed by atoms with van der Waals surface area (Å²) in [5, 5.41) is 0. The summed E-state index contributed by atoms with van der Waals surface area (Å²) in [6.45, 7) is 13.4. The zero-order valence-electron chi connectivity index (χ0n) is 16.8. The van der Waals surface area contributed by atoms with Crippen LogP contribution in [0.4, 0.5) is 0 Å². The molecule has 0 fully saturated rings. The normalized spacial score (nSPS) is 9.20. The van der Waals surface area contributed by atoms with E-state index in [-0.39, 0.29) is 46.5 Å². The molecule has 0 spiro atoms. The van der Waals surface area contributed by atoms with Gasteiger partial charge in [-0.05, 0) is 0 Å². The van der Waals surface area contributed by atoms with Gasteiger partial charge in [0.1, 0.15) is 0 Å². The van der Waals surface area contributed by atoms with Crippen LogP contribution in [-0.4, -0.2) is 0 Å². The molecule has 0 aliphatic rings. The van der Waals surface area contributed by atoms with Gasteiger partial charge in [-0.1, -0.05) is 80.1 Å². The molecule has 2 rings (SSSR count). The van der Waals surface area contributed by atoms with Crippen molar-refractivity contribution in [3.05, 3.63) is 57.6 Å². The standard InChI is InChI=1S/2C11H17.2ClH.Ti/c2*1-4-9-7-8-10(5-2)11(9)6-3;;;/h2*7-8H,4-6H2,1-3H3;2*1H;/q2*-1;;;+4/p-2. The van der Waals surface area contributed by atoms with E-state index in [9.17, 15) is 0 Å². The Bertz CT molecular complexity index is 459. The summed E-state index contributed by atoms with van der Waals surface area (Å²) in [6.07, 6.45) is 7.12. The Morgan fingerprint density at radius 3 is 1.12 bits per heavy atom. The fourth-order valence-electron chi connectivity index (χ4n) is 3.45. The van der Waals surface area contributed by atoms with Gasteiger partial charge in [0.05, 0.1) is 0 Å². The van der Waals surface area contributed by atoms with E-state index < -0.39 is 0 Å². The number of rotatable bonds is 6. The van der Waals surface area contributed by atoms with E-state index in [0.717, 1.165) is 0 Å². The van der Waals surface area contributed by atoms with Gasteiger partial charge in [0.2, 0.25) is 0 Å². The topological polar surface area (TPSA) is 0 Å². The van der Waals surface area contributed by atoms with E-state index in [1.54, 1.807) is 33.4 Å². The summed E-state index contributed by atoms with van der Waals surface area (Å²) < 4.78 is 0. The van der Waals surface area contributed by atoms with Gasteiger partial charge in [-0.25, -0.2) is 12.1 Å². The van der Waals surface area contributed by atoms with Crippen molar-refractivity contribution in [2.24, 2.45) is 0 Å². The summed E-state index contributed by atoms with van der Waals surface area (Å²) in [6, 6.07) is 9.10. The van der Waals surface area contributed by atoms with Gasteiger partial charge in [0, 0.05) is 0 Å². The zero-order valence-corrected chi connectivity index (χ0v) is 19.9. The average Bonchev–Trinajstić information content (AvgIpc) is 3.16. The molecule has 140 valence electrons. The molecular weight excluding hydrogens is 383 g/mol. The predicted molar refractivity (Wildman–Crippen MR) is 100 cm³/mol. The van der Waals surface area contributed by atoms with E-state index in [0.29, 0.717) is 0 Å². The van der Waals surface area contributed by atoms with Crippen LogP contribution in [0.15, 0.2) is 24.3 Å². The number of hydrogen-bond donors (Lipinski definition) is 0. The SMILES string of the molecule is CCc1cc[c-](CC)c1CC.CCc1cc[c-](CC)c1CC.[Cl-].[Cl-].[Ti+4]. The van der Waals surface area contributed by atoms with Gasteiger partial charge in [-0.3, -0.25) is 0 Å². The molecule has 0 heterocycles. The van der Waals surface area contributed by atoms with Crippen molar-refractivity contribution in [1.82, 2.24) is 0 Å². The van der Waals surface area contributed by atoms with Crippen LogP contribution in [0.5, 0.6) is 0 Å². The molecule has 0 unspecified atom stereocenters. The minimum Gasteiger partial charge on any atom is -1.00 e. The van der Waals surface area contributed by atoms with Crippen LogP contribution in [0.25, 0.3) is 0 Å². The van der Waals surface area contributed by atoms with Crippen LogP contribution < -0.4 is 24.8 Å². The summed E-state index contributed by atoms with van der Waals surface area (Å²) in [7, 11) is 0. The summed E-state index contributed by atoms with van der Waals surface area (Å²) in [5.74, 6) is 0. The van der Waals surface area contributed by atoms with E-state index in [4.69, 9.17) is 0 Å². The Labute approximate surface area is 183 Å². The van der Waals surface area contributed by atoms with Gasteiger partial charge in [0.25, 0.3) is 0 Å². The van der Waals surface area contributed by atoms with Crippen LogP contribution in [0, 0.1) is 0 Å². The van der Waals surface area contributed by atoms with E-state index >= 15 is 0 Å². The molecule has 0 aliphatic heterocycles. The third-order valence-corrected chi connectivity index (χ3v) is 4.75. The van der Waals surface area contributed by atoms with Crippen LogP contribution in [-0.2, 0) is 60.2 Å². The maximum atomic E-state index is 2.28. The first kappa shape index (κ1) is 29.7. The van der Waals surface area contributed by atoms with Gasteiger partial charge in [-0.2, -0.15) is 45.5 Å². The zero-order chi connectivity index (χ0) is 16.5. The molecule has 0 amide bonds. The Balaban J connectivity index is -0.000000346. The fourth-order valence-corrected chi connectivity index (χ4v) is 3.45. The molecule has 0 nitrogen and oxygen atoms in total. The first-order valence-corrected chi connectivity index (χ1v) is 9.19. The third-order valence-electron chi connectivity index (χ3n) is 4.75. The number of hydrogen-bond acceptors (Lipinski definition) is 0. The molecule has 0 bridgehead atoms. The van der Waals surface area contributed by atoms with Crippen molar-refractivity contribution >= 4 is 0 Å². The Kier molecular flexibility index (Phi) is 19.3. The monoisotopic (exact) mass is 416 g/mol. The molecule has 0 aliphatic carbocycles. The molecule has 3 heteroatoms. The second kappa shape index (κ2) is 16.2. The minimum atomic E-state index is 0. The van der Waals surface area contributed by atoms with E-state index in [1.165, 1.54) is 38.5 Å². The molecule has 0 atom stereocenters. The second-order valence-electron chi connectivity index (χ2n) is 5.85. The molecule has 0 N–H and O–H groups in total. The average molecular weight is 417 g/mol. The molecule has 2 aromatic carbocycles. The number of aryl methyl sites for hydroxylation is 4. The third kappa shape index (κ3) is 8.04. The van der Waals surface area contributed by atoms with Crippen molar-refractivity contribution in [3.8, 4) is 0 Å². The summed E-state index contributed by atoms with van der Waals surface area (Å²) >= 11 is 0. The molecule has 0 radical (unpaired) electrons. The molecule has 0 saturated heterocycles. The Morgan fingerprint density at radius 1 is 0.600 bits per heavy atom. The molecule has 0 aromatic heterocycles. The van der Waals surface area contributed by atoms with Gasteiger partial charge < -0.3 is 24.8 Å². The maximum absolute atomic E-state index is 2.28. The molecular formula is C22H34Cl2Ti. The van der Waals surface area contributed by atoms with Crippen molar-refractivity contribution < 1.29 is 46.5 Å². The van der Waals surface area contributed by atoms with Gasteiger partial charge >= 0.3 is 21.7 Å². The van der Waals surface area contributed by atoms with Crippen LogP contribution in [0.2, 0.25) is 0 Å². The van der Waals surface area contributed by atoms with Gasteiger partial charge in [0.15, 0.2) is 0 Å². The Hall–Kier alpha value is -0.00571. The second-order valence-corrected chi connectivity index (χ2v) is 5.85. The summed E-state index contributed by atoms with van der Waals surface area (Å²) in [4.78, 5) is 0. The van der Waals surface area contributed by atoms with Crippen LogP contribution >= 0.6 is 0 Å². The van der Waals surface area contributed by atoms with Gasteiger partial charge in [-0.15, -0.1) is 0 Å². The quantitative estimate of drug-likeness (QED) is 0.465. The van der Waals surface area contributed by atoms with E-state index in [1.807, 2.05) is 0 Å². The predicted octanol–water partition coefficient (Wildman–Crippen LogP) is 0.191. The van der Waals surface area contributed by atoms with E-state index in [2.05, 4.69) is 65.8 Å². The molecule has 2 aromatic rings. The smallest absolute Gasteiger partial charge is 1.00 e. The van der Waals surface area contributed by atoms with Crippen molar-refractivity contribution in [1.29, 1.82) is 0 Å². The summed E-state index contributed by atoms with van der Waals surface area (Å²) in [5.41, 5.74) is 9.37. The maximum Gasteiger partial charge on any atom is 4.00 e. The number of halogens is 2. The Morgan fingerprint density at radius 2 is 0.920 bits per heavy atom. The first-order chi connectivity index (χ1) is 10.7. The minimum absolute atomic E-state index is 0. The first-order valence-electron chi connectivity index (χ1n) is 9.19. The largest absolute Gasteiger partial charge is 4.00 e. The van der Waals surface area contributed by atoms with Crippen molar-refractivity contribution in [3.63, 3.8) is 0 Å².